The molecule has 19 heavy (non-hydrogen) atoms. The molecule has 1 atom stereocenters. The van der Waals surface area contributed by atoms with Gasteiger partial charge in [0.05, 0.1) is 8.81 Å². The molecule has 0 radical (unpaired) electrons. The van der Waals surface area contributed by atoms with Crippen LogP contribution in [0.5, 0.6) is 0 Å². The van der Waals surface area contributed by atoms with Gasteiger partial charge in [0.1, 0.15) is 0 Å². The van der Waals surface area contributed by atoms with E-state index in [-0.39, 0.29) is 0 Å². The van der Waals surface area contributed by atoms with Gasteiger partial charge in [0, 0.05) is 21.8 Å². The Balaban J connectivity index is 2.21. The van der Waals surface area contributed by atoms with Crippen molar-refractivity contribution in [2.45, 2.75) is 19.4 Å². The normalized spacial score (nSPS) is 12.6. The summed E-state index contributed by atoms with van der Waals surface area (Å²) in [6.07, 6.45) is 0.974. The van der Waals surface area contributed by atoms with E-state index < -0.39 is 0 Å². The van der Waals surface area contributed by atoms with Crippen LogP contribution in [0.15, 0.2) is 38.6 Å². The number of hydrogen-bond acceptors (Lipinski definition) is 2. The lowest BCUT2D eigenvalue weighted by Gasteiger charge is -2.18. The Morgan fingerprint density at radius 1 is 1.26 bits per heavy atom. The fourth-order valence-electron chi connectivity index (χ4n) is 1.95. The van der Waals surface area contributed by atoms with Gasteiger partial charge in [-0.15, -0.1) is 11.3 Å². The highest BCUT2D eigenvalue weighted by molar-refractivity contribution is 9.11. The fraction of sp³-hybridized carbons (Fsp3) is 0.286. The van der Waals surface area contributed by atoms with Crippen LogP contribution >= 0.6 is 54.8 Å². The number of halogens is 3. The summed E-state index contributed by atoms with van der Waals surface area (Å²) in [5.74, 6) is 0. The molecule has 1 N–H and O–H groups in total. The molecule has 102 valence electrons. The molecule has 2 rings (SSSR count). The number of nitrogens with one attached hydrogen (secondary N) is 1. The Morgan fingerprint density at radius 2 is 2.05 bits per heavy atom. The molecular formula is C14H14Br2ClNS. The smallest absolute Gasteiger partial charge is 0.0701 e. The van der Waals surface area contributed by atoms with Crippen molar-refractivity contribution in [2.75, 3.05) is 6.54 Å². The fourth-order valence-corrected chi connectivity index (χ4v) is 3.91. The average molecular weight is 424 g/mol. The molecule has 0 amide bonds. The average Bonchev–Trinajstić information content (AvgIpc) is 2.78. The molecule has 0 saturated heterocycles. The van der Waals surface area contributed by atoms with Crippen LogP contribution in [0.25, 0.3) is 0 Å². The number of likely N-dealkylation sites (N-methyl/N-ethyl adjacent to an activating group) is 1. The second-order valence-corrected chi connectivity index (χ2v) is 8.00. The Labute approximate surface area is 139 Å². The summed E-state index contributed by atoms with van der Waals surface area (Å²) in [5.41, 5.74) is 1.22. The van der Waals surface area contributed by atoms with Crippen LogP contribution in [0.1, 0.15) is 23.4 Å². The predicted octanol–water partition coefficient (Wildman–Crippen LogP) is 5.82. The number of benzene rings is 1. The van der Waals surface area contributed by atoms with E-state index in [4.69, 9.17) is 11.6 Å². The Hall–Kier alpha value is 0.130. The molecule has 1 aromatic heterocycles. The number of thiophene rings is 1. The zero-order valence-corrected chi connectivity index (χ0v) is 15.2. The molecular weight excluding hydrogens is 409 g/mol. The van der Waals surface area contributed by atoms with Crippen LogP contribution in [0.4, 0.5) is 0 Å². The van der Waals surface area contributed by atoms with E-state index in [0.717, 1.165) is 22.5 Å². The number of hydrogen-bond donors (Lipinski definition) is 1. The van der Waals surface area contributed by atoms with Crippen molar-refractivity contribution >= 4 is 54.8 Å². The van der Waals surface area contributed by atoms with Crippen LogP contribution in [-0.2, 0) is 6.42 Å². The van der Waals surface area contributed by atoms with E-state index in [1.807, 2.05) is 12.1 Å². The number of rotatable bonds is 5. The highest BCUT2D eigenvalue weighted by Gasteiger charge is 2.13. The zero-order valence-electron chi connectivity index (χ0n) is 10.4. The van der Waals surface area contributed by atoms with E-state index in [1.165, 1.54) is 14.2 Å². The molecule has 1 aromatic carbocycles. The maximum Gasteiger partial charge on any atom is 0.0701 e. The van der Waals surface area contributed by atoms with E-state index in [1.54, 1.807) is 11.3 Å². The quantitative estimate of drug-likeness (QED) is 0.639. The van der Waals surface area contributed by atoms with Gasteiger partial charge in [0.2, 0.25) is 0 Å². The van der Waals surface area contributed by atoms with Crippen molar-refractivity contribution in [3.8, 4) is 0 Å². The van der Waals surface area contributed by atoms with Crippen molar-refractivity contribution in [1.82, 2.24) is 5.32 Å². The first-order valence-corrected chi connectivity index (χ1v) is 8.80. The molecule has 0 aliphatic heterocycles. The Morgan fingerprint density at radius 3 is 2.63 bits per heavy atom. The minimum Gasteiger partial charge on any atom is -0.310 e. The lowest BCUT2D eigenvalue weighted by Crippen LogP contribution is -2.22. The second-order valence-electron chi connectivity index (χ2n) is 4.19. The first-order chi connectivity index (χ1) is 9.10. The summed E-state index contributed by atoms with van der Waals surface area (Å²) in [6, 6.07) is 10.7. The van der Waals surface area contributed by atoms with E-state index in [2.05, 4.69) is 62.3 Å². The lowest BCUT2D eigenvalue weighted by atomic mass is 10.0. The highest BCUT2D eigenvalue weighted by atomic mass is 79.9. The maximum atomic E-state index is 6.19. The highest BCUT2D eigenvalue weighted by Crippen LogP contribution is 2.30. The van der Waals surface area contributed by atoms with Crippen LogP contribution < -0.4 is 5.32 Å². The summed E-state index contributed by atoms with van der Waals surface area (Å²) in [6.45, 7) is 3.06. The van der Waals surface area contributed by atoms with E-state index in [9.17, 15) is 0 Å². The van der Waals surface area contributed by atoms with Gasteiger partial charge in [-0.1, -0.05) is 24.6 Å². The summed E-state index contributed by atoms with van der Waals surface area (Å²) >= 11 is 14.9. The molecule has 1 unspecified atom stereocenters. The summed E-state index contributed by atoms with van der Waals surface area (Å²) < 4.78 is 2.11. The first kappa shape index (κ1) is 15.5. The summed E-state index contributed by atoms with van der Waals surface area (Å²) in [7, 11) is 0. The Bertz CT molecular complexity index is 556. The van der Waals surface area contributed by atoms with Gasteiger partial charge >= 0.3 is 0 Å². The van der Waals surface area contributed by atoms with Crippen molar-refractivity contribution < 1.29 is 0 Å². The van der Waals surface area contributed by atoms with Crippen molar-refractivity contribution in [1.29, 1.82) is 0 Å². The van der Waals surface area contributed by atoms with Crippen LogP contribution in [0.2, 0.25) is 5.02 Å². The molecule has 0 saturated carbocycles. The Kier molecular flexibility index (Phi) is 5.90. The van der Waals surface area contributed by atoms with Gasteiger partial charge in [-0.2, -0.15) is 0 Å². The largest absolute Gasteiger partial charge is 0.310 e. The standard InChI is InChI=1S/C14H14Br2ClNS/c1-2-18-13(8-10-4-6-14(16)19-10)9-3-5-11(15)12(17)7-9/h3-7,13,18H,2,8H2,1H3. The lowest BCUT2D eigenvalue weighted by molar-refractivity contribution is 0.553. The third kappa shape index (κ3) is 4.30. The van der Waals surface area contributed by atoms with Crippen LogP contribution in [-0.4, -0.2) is 6.54 Å². The molecule has 0 fully saturated rings. The molecule has 1 heterocycles. The van der Waals surface area contributed by atoms with E-state index in [0.29, 0.717) is 6.04 Å². The summed E-state index contributed by atoms with van der Waals surface area (Å²) in [4.78, 5) is 1.36. The monoisotopic (exact) mass is 421 g/mol. The molecule has 0 spiro atoms. The third-order valence-electron chi connectivity index (χ3n) is 2.83. The SMILES string of the molecule is CCNC(Cc1ccc(Br)s1)c1ccc(Br)c(Cl)c1. The minimum absolute atomic E-state index is 0.293. The summed E-state index contributed by atoms with van der Waals surface area (Å²) in [5, 5.41) is 4.28. The molecule has 0 aliphatic carbocycles. The van der Waals surface area contributed by atoms with Crippen LogP contribution in [0.3, 0.4) is 0 Å². The molecule has 1 nitrogen and oxygen atoms in total. The van der Waals surface area contributed by atoms with Gasteiger partial charge in [0.25, 0.3) is 0 Å². The van der Waals surface area contributed by atoms with Gasteiger partial charge < -0.3 is 5.32 Å². The van der Waals surface area contributed by atoms with Gasteiger partial charge in [0.15, 0.2) is 0 Å². The molecule has 5 heteroatoms. The van der Waals surface area contributed by atoms with Crippen molar-refractivity contribution in [3.63, 3.8) is 0 Å². The second kappa shape index (κ2) is 7.23. The van der Waals surface area contributed by atoms with Crippen molar-refractivity contribution in [3.05, 3.63) is 54.1 Å². The van der Waals surface area contributed by atoms with Gasteiger partial charge in [-0.05, 0) is 68.2 Å². The van der Waals surface area contributed by atoms with E-state index >= 15 is 0 Å². The maximum absolute atomic E-state index is 6.19. The zero-order chi connectivity index (χ0) is 13.8. The van der Waals surface area contributed by atoms with Gasteiger partial charge in [-0.3, -0.25) is 0 Å². The third-order valence-corrected chi connectivity index (χ3v) is 5.71. The van der Waals surface area contributed by atoms with Gasteiger partial charge in [-0.25, -0.2) is 0 Å². The minimum atomic E-state index is 0.293. The molecule has 0 aliphatic rings. The predicted molar refractivity (Wildman–Crippen MR) is 91.3 cm³/mol. The van der Waals surface area contributed by atoms with Crippen molar-refractivity contribution in [2.24, 2.45) is 0 Å². The topological polar surface area (TPSA) is 12.0 Å². The van der Waals surface area contributed by atoms with Crippen LogP contribution in [0, 0.1) is 0 Å². The molecule has 2 aromatic rings. The first-order valence-electron chi connectivity index (χ1n) is 6.02. The molecule has 0 bridgehead atoms.